The minimum absolute atomic E-state index is 0. The third-order valence-electron chi connectivity index (χ3n) is 8.87. The maximum absolute atomic E-state index is 12.6. The molecular weight excluding hydrogens is 919 g/mol. The number of hydrogen-bond acceptors (Lipinski definition) is 22. The van der Waals surface area contributed by atoms with Crippen LogP contribution in [0.2, 0.25) is 0 Å². The quantitative estimate of drug-likeness (QED) is 0.0187. The van der Waals surface area contributed by atoms with Gasteiger partial charge in [-0.05, 0) is 59.7 Å². The van der Waals surface area contributed by atoms with Crippen molar-refractivity contribution in [1.29, 1.82) is 0 Å². The monoisotopic (exact) mass is 960 g/mol. The molecule has 22 nitrogen and oxygen atoms in total. The molecule has 0 aliphatic rings. The molecule has 0 bridgehead atoms. The Morgan fingerprint density at radius 2 is 0.758 bits per heavy atom. The van der Waals surface area contributed by atoms with Gasteiger partial charge in [0.25, 0.3) is 0 Å². The number of nitrogens with one attached hydrogen (secondary N) is 4. The number of hydrogen-bond donors (Lipinski definition) is 8. The summed E-state index contributed by atoms with van der Waals surface area (Å²) >= 11 is 0. The van der Waals surface area contributed by atoms with Gasteiger partial charge < -0.3 is 60.6 Å². The zero-order valence-corrected chi connectivity index (χ0v) is 41.3. The van der Waals surface area contributed by atoms with E-state index in [0.717, 1.165) is 24.3 Å². The van der Waals surface area contributed by atoms with Gasteiger partial charge in [0.1, 0.15) is 20.2 Å². The molecule has 0 amide bonds. The number of para-hydroxylation sites is 2. The molecule has 0 fully saturated rings. The molecule has 2 aromatic heterocycles. The summed E-state index contributed by atoms with van der Waals surface area (Å²) in [6.45, 7) is -0.886. The van der Waals surface area contributed by atoms with Crippen LogP contribution in [0.3, 0.4) is 0 Å². The molecule has 0 saturated heterocycles. The van der Waals surface area contributed by atoms with Crippen molar-refractivity contribution in [3.8, 4) is 0 Å². The zero-order valence-electron chi connectivity index (χ0n) is 35.7. The first kappa shape index (κ1) is 53.7. The van der Waals surface area contributed by atoms with E-state index in [1.807, 2.05) is 12.1 Å². The Kier molecular flexibility index (Phi) is 20.6. The summed E-state index contributed by atoms with van der Waals surface area (Å²) in [5, 5.41) is 50.3. The third kappa shape index (κ3) is 15.3. The van der Waals surface area contributed by atoms with Crippen LogP contribution in [0.15, 0.2) is 107 Å². The second kappa shape index (κ2) is 25.3. The Hall–Kier alpha value is -4.90. The van der Waals surface area contributed by atoms with Crippen LogP contribution in [-0.2, 0) is 20.2 Å². The minimum atomic E-state index is -5.17. The Morgan fingerprint density at radius 1 is 0.455 bits per heavy atom. The predicted molar refractivity (Wildman–Crippen MR) is 236 cm³/mol. The Labute approximate surface area is 424 Å². The number of rotatable bonds is 22. The van der Waals surface area contributed by atoms with Crippen LogP contribution < -0.4 is 90.2 Å². The van der Waals surface area contributed by atoms with Crippen LogP contribution in [0.4, 0.5) is 58.4 Å². The molecule has 6 aromatic rings. The smallest absolute Gasteiger partial charge is 0.744 e. The second-order valence-corrected chi connectivity index (χ2v) is 16.1. The van der Waals surface area contributed by atoms with Crippen molar-refractivity contribution in [2.24, 2.45) is 0 Å². The summed E-state index contributed by atoms with van der Waals surface area (Å²) in [6, 6.07) is 25.2. The first-order valence-electron chi connectivity index (χ1n) is 19.3. The van der Waals surface area contributed by atoms with Crippen molar-refractivity contribution in [2.75, 3.05) is 83.7 Å². The van der Waals surface area contributed by atoms with E-state index in [0.29, 0.717) is 11.4 Å². The zero-order chi connectivity index (χ0) is 45.7. The van der Waals surface area contributed by atoms with E-state index in [4.69, 9.17) is 0 Å². The maximum Gasteiger partial charge on any atom is 1.00 e. The molecule has 0 atom stereocenters. The fourth-order valence-corrected chi connectivity index (χ4v) is 7.41. The number of aromatic nitrogens is 6. The molecule has 0 aliphatic heterocycles. The summed E-state index contributed by atoms with van der Waals surface area (Å²) in [5.74, 6) is 0.0621. The number of aliphatic hydroxyl groups is 4. The number of nitrogens with zero attached hydrogens (tertiary/aromatic N) is 8. The number of aliphatic hydroxyl groups excluding tert-OH is 4. The average Bonchev–Trinajstić information content (AvgIpc) is 3.26. The summed E-state index contributed by atoms with van der Waals surface area (Å²) in [6.07, 6.45) is 2.32. The van der Waals surface area contributed by atoms with Crippen molar-refractivity contribution < 1.29 is 105 Å². The van der Waals surface area contributed by atoms with Crippen LogP contribution in [0, 0.1) is 0 Å². The molecule has 8 N–H and O–H groups in total. The van der Waals surface area contributed by atoms with Crippen LogP contribution in [0.25, 0.3) is 12.2 Å². The molecule has 0 spiro atoms. The summed E-state index contributed by atoms with van der Waals surface area (Å²) < 4.78 is 75.6. The van der Waals surface area contributed by atoms with Gasteiger partial charge in [0.2, 0.25) is 35.7 Å². The van der Waals surface area contributed by atoms with Gasteiger partial charge in [-0.25, -0.2) is 16.8 Å². The van der Waals surface area contributed by atoms with Crippen molar-refractivity contribution in [2.45, 2.75) is 9.79 Å². The van der Waals surface area contributed by atoms with Crippen molar-refractivity contribution in [3.05, 3.63) is 108 Å². The average molecular weight is 961 g/mol. The second-order valence-electron chi connectivity index (χ2n) is 13.4. The molecular formula is C40H42N12Na2O10S2. The Bertz CT molecular complexity index is 2590. The van der Waals surface area contributed by atoms with Crippen LogP contribution in [0.1, 0.15) is 11.1 Å². The standard InChI is InChI=1S/C40H44N12O10S2.2Na/c53-21-17-51(18-22-54)39-47-35(41-29-7-3-1-4-8-29)45-37(49-39)43-31-15-13-27(33(25-31)63(57,58)59)11-12-28-14-16-32(26-34(28)64(60,61)62)44-38-46-36(42-30-9-5-2-6-10-30)48-40(50-38)52(19-23-55)20-24-56;;/h1-16,25-26,53-56H,17-24H2,(H,57,58,59)(H,60,61,62)(H2,41,43,45,47,49)(H2,42,44,46,48,50);;/q;2*+1/p-2/b12-11-;;. The van der Waals surface area contributed by atoms with Crippen LogP contribution in [-0.4, -0.2) is 129 Å². The van der Waals surface area contributed by atoms with E-state index in [1.165, 1.54) is 34.1 Å². The van der Waals surface area contributed by atoms with Gasteiger partial charge >= 0.3 is 59.1 Å². The van der Waals surface area contributed by atoms with Crippen molar-refractivity contribution >= 4 is 90.8 Å². The molecule has 0 aliphatic carbocycles. The van der Waals surface area contributed by atoms with Gasteiger partial charge in [-0.15, -0.1) is 0 Å². The Balaban J connectivity index is 0.00000476. The van der Waals surface area contributed by atoms with Crippen molar-refractivity contribution in [3.63, 3.8) is 0 Å². The van der Waals surface area contributed by atoms with E-state index in [2.05, 4.69) is 51.2 Å². The predicted octanol–water partition coefficient (Wildman–Crippen LogP) is -3.40. The van der Waals surface area contributed by atoms with Gasteiger partial charge in [0.05, 0.1) is 36.2 Å². The van der Waals surface area contributed by atoms with Gasteiger partial charge in [0.15, 0.2) is 0 Å². The van der Waals surface area contributed by atoms with Crippen LogP contribution in [0.5, 0.6) is 0 Å². The molecule has 0 saturated carbocycles. The van der Waals surface area contributed by atoms with E-state index >= 15 is 0 Å². The molecule has 26 heteroatoms. The van der Waals surface area contributed by atoms with Crippen molar-refractivity contribution in [1.82, 2.24) is 29.9 Å². The van der Waals surface area contributed by atoms with Crippen LogP contribution >= 0.6 is 0 Å². The van der Waals surface area contributed by atoms with E-state index in [-0.39, 0.29) is 170 Å². The molecule has 2 heterocycles. The molecule has 336 valence electrons. The van der Waals surface area contributed by atoms with Gasteiger partial charge in [0, 0.05) is 48.9 Å². The minimum Gasteiger partial charge on any atom is -0.744 e. The summed E-state index contributed by atoms with van der Waals surface area (Å²) in [7, 11) is -10.3. The first-order chi connectivity index (χ1) is 30.8. The number of anilines is 10. The fourth-order valence-electron chi connectivity index (χ4n) is 6.01. The first-order valence-corrected chi connectivity index (χ1v) is 22.1. The topological polar surface area (TPSA) is 327 Å². The van der Waals surface area contributed by atoms with Gasteiger partial charge in [-0.2, -0.15) is 29.9 Å². The van der Waals surface area contributed by atoms with E-state index < -0.39 is 30.0 Å². The molecule has 0 radical (unpaired) electrons. The largest absolute Gasteiger partial charge is 1.00 e. The molecule has 66 heavy (non-hydrogen) atoms. The van der Waals surface area contributed by atoms with E-state index in [1.54, 1.807) is 48.5 Å². The fraction of sp³-hybridized carbons (Fsp3) is 0.200. The Morgan fingerprint density at radius 3 is 1.05 bits per heavy atom. The molecule has 0 unspecified atom stereocenters. The maximum atomic E-state index is 12.6. The summed E-state index contributed by atoms with van der Waals surface area (Å²) in [4.78, 5) is 27.9. The van der Waals surface area contributed by atoms with Gasteiger partial charge in [-0.1, -0.05) is 60.7 Å². The molecule has 6 rings (SSSR count). The summed E-state index contributed by atoms with van der Waals surface area (Å²) in [5.41, 5.74) is 1.07. The van der Waals surface area contributed by atoms with E-state index in [9.17, 15) is 46.4 Å². The number of benzene rings is 4. The normalized spacial score (nSPS) is 11.3. The molecule has 4 aromatic carbocycles. The SMILES string of the molecule is O=S(=O)([O-])c1cc(Nc2nc(Nc3ccccc3)nc(N(CCO)CCO)n2)ccc1/C=C\c1ccc(Nc2nc(Nc3ccccc3)nc(N(CCO)CCO)n2)cc1S(=O)(=O)[O-].[Na+].[Na+]. The van der Waals surface area contributed by atoms with Gasteiger partial charge in [-0.3, -0.25) is 0 Å². The third-order valence-corrected chi connectivity index (χ3v) is 10.7.